The Morgan fingerprint density at radius 2 is 1.62 bits per heavy atom. The van der Waals surface area contributed by atoms with Crippen LogP contribution in [0.4, 0.5) is 5.69 Å². The predicted octanol–water partition coefficient (Wildman–Crippen LogP) is 3.59. The molecule has 3 aromatic rings. The number of carbonyl (C=O) groups excluding carboxylic acids is 1. The van der Waals surface area contributed by atoms with Crippen molar-refractivity contribution >= 4 is 21.6 Å². The summed E-state index contributed by atoms with van der Waals surface area (Å²) in [6.45, 7) is 2.00. The van der Waals surface area contributed by atoms with Crippen LogP contribution in [-0.4, -0.2) is 45.9 Å². The molecular weight excluding hydrogens is 456 g/mol. The van der Waals surface area contributed by atoms with Crippen LogP contribution in [-0.2, 0) is 14.8 Å². The van der Waals surface area contributed by atoms with Crippen molar-refractivity contribution in [3.8, 4) is 23.0 Å². The number of benzene rings is 3. The number of rotatable bonds is 8. The van der Waals surface area contributed by atoms with Gasteiger partial charge in [-0.15, -0.1) is 0 Å². The van der Waals surface area contributed by atoms with Gasteiger partial charge >= 0.3 is 0 Å². The average molecular weight is 483 g/mol. The lowest BCUT2D eigenvalue weighted by Gasteiger charge is -2.30. The van der Waals surface area contributed by atoms with Crippen LogP contribution in [0.2, 0.25) is 0 Å². The highest BCUT2D eigenvalue weighted by atomic mass is 32.2. The Kier molecular flexibility index (Phi) is 6.93. The van der Waals surface area contributed by atoms with Crippen LogP contribution in [0.3, 0.4) is 0 Å². The maximum atomic E-state index is 12.9. The van der Waals surface area contributed by atoms with Gasteiger partial charge in [0.15, 0.2) is 11.5 Å². The maximum absolute atomic E-state index is 12.9. The van der Waals surface area contributed by atoms with Gasteiger partial charge in [-0.25, -0.2) is 8.42 Å². The number of hydrogen-bond acceptors (Lipinski definition) is 6. The summed E-state index contributed by atoms with van der Waals surface area (Å²) < 4.78 is 43.5. The van der Waals surface area contributed by atoms with Crippen LogP contribution in [0.25, 0.3) is 0 Å². The quantitative estimate of drug-likeness (QED) is 0.527. The van der Waals surface area contributed by atoms with E-state index >= 15 is 0 Å². The zero-order valence-corrected chi connectivity index (χ0v) is 19.7. The molecule has 1 aliphatic heterocycles. The van der Waals surface area contributed by atoms with Gasteiger partial charge in [0.25, 0.3) is 0 Å². The Morgan fingerprint density at radius 1 is 1.00 bits per heavy atom. The topological polar surface area (TPSA) is 94.2 Å². The molecule has 0 aliphatic carbocycles. The van der Waals surface area contributed by atoms with Gasteiger partial charge in [-0.1, -0.05) is 30.3 Å². The maximum Gasteiger partial charge on any atom is 0.243 e. The molecule has 1 heterocycles. The van der Waals surface area contributed by atoms with E-state index in [1.54, 1.807) is 30.3 Å². The number of ether oxygens (including phenoxy) is 3. The minimum atomic E-state index is -3.74. The molecule has 4 rings (SSSR count). The first kappa shape index (κ1) is 23.4. The number of nitrogens with one attached hydrogen (secondary N) is 1. The molecule has 178 valence electrons. The molecule has 34 heavy (non-hydrogen) atoms. The van der Waals surface area contributed by atoms with Crippen molar-refractivity contribution in [2.24, 2.45) is 0 Å². The lowest BCUT2D eigenvalue weighted by molar-refractivity contribution is -0.122. The van der Waals surface area contributed by atoms with E-state index in [4.69, 9.17) is 14.2 Å². The van der Waals surface area contributed by atoms with E-state index in [1.807, 2.05) is 48.5 Å². The van der Waals surface area contributed by atoms with Gasteiger partial charge in [0.2, 0.25) is 15.9 Å². The van der Waals surface area contributed by atoms with Crippen LogP contribution in [0.5, 0.6) is 23.0 Å². The van der Waals surface area contributed by atoms with Gasteiger partial charge in [0.05, 0.1) is 18.5 Å². The van der Waals surface area contributed by atoms with E-state index in [-0.39, 0.29) is 19.3 Å². The van der Waals surface area contributed by atoms with E-state index in [0.717, 1.165) is 10.6 Å². The van der Waals surface area contributed by atoms with Crippen molar-refractivity contribution in [3.05, 3.63) is 78.9 Å². The third-order valence-electron chi connectivity index (χ3n) is 5.23. The Hall–Kier alpha value is -3.72. The number of nitrogens with zero attached hydrogens (tertiary/aromatic N) is 1. The predicted molar refractivity (Wildman–Crippen MR) is 129 cm³/mol. The minimum absolute atomic E-state index is 0.180. The highest BCUT2D eigenvalue weighted by Gasteiger charge is 2.30. The highest BCUT2D eigenvalue weighted by Crippen LogP contribution is 2.31. The SMILES string of the molecule is C[C@H](C(=O)NC[C@H]1COc2ccccc2O1)N(c1ccc(Oc2ccccc2)cc1)S(C)(=O)=O. The summed E-state index contributed by atoms with van der Waals surface area (Å²) in [5.41, 5.74) is 0.358. The fourth-order valence-electron chi connectivity index (χ4n) is 3.62. The molecule has 0 bridgehead atoms. The van der Waals surface area contributed by atoms with Crippen molar-refractivity contribution in [2.45, 2.75) is 19.1 Å². The summed E-state index contributed by atoms with van der Waals surface area (Å²) in [6.07, 6.45) is 0.687. The molecule has 8 nitrogen and oxygen atoms in total. The lowest BCUT2D eigenvalue weighted by Crippen LogP contribution is -2.50. The van der Waals surface area contributed by atoms with Gasteiger partial charge in [-0.3, -0.25) is 9.10 Å². The molecule has 0 spiro atoms. The first-order valence-electron chi connectivity index (χ1n) is 10.8. The highest BCUT2D eigenvalue weighted by molar-refractivity contribution is 7.92. The van der Waals surface area contributed by atoms with E-state index in [0.29, 0.717) is 28.7 Å². The van der Waals surface area contributed by atoms with Crippen LogP contribution >= 0.6 is 0 Å². The van der Waals surface area contributed by atoms with Gasteiger partial charge in [0.1, 0.15) is 30.3 Å². The van der Waals surface area contributed by atoms with Crippen LogP contribution in [0.15, 0.2) is 78.9 Å². The number of amides is 1. The number of hydrogen-bond donors (Lipinski definition) is 1. The molecule has 9 heteroatoms. The molecule has 0 aromatic heterocycles. The summed E-state index contributed by atoms with van der Waals surface area (Å²) in [7, 11) is -3.74. The van der Waals surface area contributed by atoms with Crippen LogP contribution in [0, 0.1) is 0 Å². The number of carbonyl (C=O) groups is 1. The molecular formula is C25H26N2O6S. The summed E-state index contributed by atoms with van der Waals surface area (Å²) >= 11 is 0. The zero-order valence-electron chi connectivity index (χ0n) is 18.9. The van der Waals surface area contributed by atoms with Crippen molar-refractivity contribution in [1.82, 2.24) is 5.32 Å². The Bertz CT molecular complexity index is 1230. The fraction of sp³-hybridized carbons (Fsp3) is 0.240. The molecule has 0 unspecified atom stereocenters. The largest absolute Gasteiger partial charge is 0.486 e. The molecule has 2 atom stereocenters. The minimum Gasteiger partial charge on any atom is -0.486 e. The number of anilines is 1. The standard InChI is InChI=1S/C25H26N2O6S/c1-18(25(28)26-16-22-17-31-23-10-6-7-11-24(23)33-22)27(34(2,29)30)19-12-14-21(15-13-19)32-20-8-4-3-5-9-20/h3-15,18,22H,16-17H2,1-2H3,(H,26,28)/t18-,22+/m1/s1. The number of fused-ring (bicyclic) bond motifs is 1. The fourth-order valence-corrected chi connectivity index (χ4v) is 4.80. The first-order valence-corrected chi connectivity index (χ1v) is 12.6. The lowest BCUT2D eigenvalue weighted by atomic mass is 10.2. The van der Waals surface area contributed by atoms with Crippen LogP contribution in [0.1, 0.15) is 6.92 Å². The van der Waals surface area contributed by atoms with Crippen molar-refractivity contribution in [3.63, 3.8) is 0 Å². The number of sulfonamides is 1. The second kappa shape index (κ2) is 10.0. The molecule has 0 saturated heterocycles. The summed E-state index contributed by atoms with van der Waals surface area (Å²) in [5.74, 6) is 2.03. The van der Waals surface area contributed by atoms with Gasteiger partial charge < -0.3 is 19.5 Å². The molecule has 1 aliphatic rings. The Labute approximate surface area is 199 Å². The van der Waals surface area contributed by atoms with Gasteiger partial charge in [0, 0.05) is 0 Å². The molecule has 0 radical (unpaired) electrons. The van der Waals surface area contributed by atoms with E-state index in [1.165, 1.54) is 6.92 Å². The smallest absolute Gasteiger partial charge is 0.243 e. The van der Waals surface area contributed by atoms with E-state index in [2.05, 4.69) is 5.32 Å². The first-order chi connectivity index (χ1) is 16.3. The van der Waals surface area contributed by atoms with E-state index in [9.17, 15) is 13.2 Å². The zero-order chi connectivity index (χ0) is 24.1. The Morgan fingerprint density at radius 3 is 2.29 bits per heavy atom. The van der Waals surface area contributed by atoms with Crippen molar-refractivity contribution < 1.29 is 27.4 Å². The second-order valence-electron chi connectivity index (χ2n) is 7.89. The van der Waals surface area contributed by atoms with Crippen LogP contribution < -0.4 is 23.8 Å². The second-order valence-corrected chi connectivity index (χ2v) is 9.75. The molecule has 1 N–H and O–H groups in total. The van der Waals surface area contributed by atoms with Crippen molar-refractivity contribution in [2.75, 3.05) is 23.7 Å². The van der Waals surface area contributed by atoms with Gasteiger partial charge in [-0.05, 0) is 55.5 Å². The average Bonchev–Trinajstić information content (AvgIpc) is 2.83. The summed E-state index contributed by atoms with van der Waals surface area (Å²) in [6, 6.07) is 22.1. The van der Waals surface area contributed by atoms with Crippen molar-refractivity contribution in [1.29, 1.82) is 0 Å². The summed E-state index contributed by atoms with van der Waals surface area (Å²) in [4.78, 5) is 12.9. The molecule has 1 amide bonds. The Balaban J connectivity index is 1.41. The van der Waals surface area contributed by atoms with Gasteiger partial charge in [-0.2, -0.15) is 0 Å². The normalized spacial score (nSPS) is 15.8. The third kappa shape index (κ3) is 5.60. The van der Waals surface area contributed by atoms with E-state index < -0.39 is 22.0 Å². The third-order valence-corrected chi connectivity index (χ3v) is 6.47. The number of para-hydroxylation sites is 3. The summed E-state index contributed by atoms with van der Waals surface area (Å²) in [5, 5.41) is 2.77. The molecule has 0 saturated carbocycles. The molecule has 0 fully saturated rings. The molecule has 3 aromatic carbocycles. The monoisotopic (exact) mass is 482 g/mol.